The first kappa shape index (κ1) is 15.2. The number of aromatic nitrogens is 1. The molecule has 2 heterocycles. The van der Waals surface area contributed by atoms with E-state index in [-0.39, 0.29) is 17.1 Å². The van der Waals surface area contributed by atoms with Crippen LogP contribution >= 0.6 is 0 Å². The first-order chi connectivity index (χ1) is 10.1. The fourth-order valence-electron chi connectivity index (χ4n) is 2.04. The lowest BCUT2D eigenvalue weighted by molar-refractivity contribution is 0.0683. The van der Waals surface area contributed by atoms with Gasteiger partial charge in [0.15, 0.2) is 11.4 Å². The van der Waals surface area contributed by atoms with Crippen LogP contribution in [0, 0.1) is 0 Å². The Bertz CT molecular complexity index is 496. The van der Waals surface area contributed by atoms with E-state index < -0.39 is 11.9 Å². The van der Waals surface area contributed by atoms with Crippen molar-refractivity contribution in [2.24, 2.45) is 0 Å². The molecule has 0 bridgehead atoms. The summed E-state index contributed by atoms with van der Waals surface area (Å²) in [5, 5.41) is 21.1. The Morgan fingerprint density at radius 1 is 1.19 bits per heavy atom. The largest absolute Gasteiger partial charge is 0.492 e. The van der Waals surface area contributed by atoms with Gasteiger partial charge in [0.25, 0.3) is 0 Å². The molecule has 0 amide bonds. The molecule has 1 saturated heterocycles. The van der Waals surface area contributed by atoms with Crippen molar-refractivity contribution >= 4 is 11.9 Å². The fourth-order valence-corrected chi connectivity index (χ4v) is 2.04. The Balaban J connectivity index is 1.98. The van der Waals surface area contributed by atoms with Gasteiger partial charge in [-0.15, -0.1) is 0 Å². The number of carbonyl (C=O) groups is 2. The second kappa shape index (κ2) is 7.00. The minimum atomic E-state index is -1.29. The van der Waals surface area contributed by atoms with E-state index in [1.807, 2.05) is 0 Å². The van der Waals surface area contributed by atoms with Gasteiger partial charge in [-0.1, -0.05) is 0 Å². The smallest absolute Gasteiger partial charge is 0.354 e. The third-order valence-corrected chi connectivity index (χ3v) is 3.12. The highest BCUT2D eigenvalue weighted by atomic mass is 16.5. The minimum Gasteiger partial charge on any atom is -0.492 e. The first-order valence-corrected chi connectivity index (χ1v) is 6.61. The molecule has 0 aromatic carbocycles. The highest BCUT2D eigenvalue weighted by molar-refractivity contribution is 5.90. The van der Waals surface area contributed by atoms with Crippen LogP contribution in [0.1, 0.15) is 21.0 Å². The van der Waals surface area contributed by atoms with E-state index in [1.54, 1.807) is 0 Å². The van der Waals surface area contributed by atoms with Crippen molar-refractivity contribution in [2.45, 2.75) is 0 Å². The number of hydrogen-bond acceptors (Lipinski definition) is 6. The molecule has 1 aromatic rings. The molecule has 0 radical (unpaired) electrons. The van der Waals surface area contributed by atoms with Crippen molar-refractivity contribution in [3.63, 3.8) is 0 Å². The molecule has 1 aromatic heterocycles. The number of rotatable bonds is 6. The molecule has 0 saturated carbocycles. The topological polar surface area (TPSA) is 112 Å². The van der Waals surface area contributed by atoms with E-state index in [9.17, 15) is 9.59 Å². The van der Waals surface area contributed by atoms with Gasteiger partial charge < -0.3 is 20.3 Å². The maximum atomic E-state index is 10.9. The van der Waals surface area contributed by atoms with Crippen molar-refractivity contribution in [1.82, 2.24) is 15.2 Å². The number of carboxylic acids is 2. The van der Waals surface area contributed by atoms with Gasteiger partial charge in [0.2, 0.25) is 0 Å². The van der Waals surface area contributed by atoms with Crippen LogP contribution in [0.5, 0.6) is 5.75 Å². The molecular formula is C13H17N3O5. The molecule has 2 rings (SSSR count). The van der Waals surface area contributed by atoms with E-state index in [4.69, 9.17) is 14.9 Å². The molecule has 21 heavy (non-hydrogen) atoms. The van der Waals surface area contributed by atoms with Crippen molar-refractivity contribution in [1.29, 1.82) is 0 Å². The van der Waals surface area contributed by atoms with E-state index in [0.717, 1.165) is 26.2 Å². The molecule has 1 fully saturated rings. The number of aromatic carboxylic acids is 2. The van der Waals surface area contributed by atoms with Gasteiger partial charge >= 0.3 is 11.9 Å². The summed E-state index contributed by atoms with van der Waals surface area (Å²) < 4.78 is 5.46. The van der Waals surface area contributed by atoms with Crippen LogP contribution in [0.25, 0.3) is 0 Å². The highest BCUT2D eigenvalue weighted by Gasteiger charge is 2.14. The number of nitrogens with one attached hydrogen (secondary N) is 1. The second-order valence-corrected chi connectivity index (χ2v) is 4.62. The lowest BCUT2D eigenvalue weighted by Gasteiger charge is -2.26. The predicted octanol–water partition coefficient (Wildman–Crippen LogP) is -0.238. The summed E-state index contributed by atoms with van der Waals surface area (Å²) in [5.41, 5.74) is -0.681. The molecule has 0 unspecified atom stereocenters. The quantitative estimate of drug-likeness (QED) is 0.659. The Kier molecular flexibility index (Phi) is 5.07. The molecule has 0 aliphatic carbocycles. The molecule has 1 aliphatic rings. The summed E-state index contributed by atoms with van der Waals surface area (Å²) in [6.07, 6.45) is 0. The summed E-state index contributed by atoms with van der Waals surface area (Å²) in [5.74, 6) is -2.37. The van der Waals surface area contributed by atoms with E-state index >= 15 is 0 Å². The van der Waals surface area contributed by atoms with Crippen LogP contribution in [-0.2, 0) is 0 Å². The SMILES string of the molecule is O=C(O)c1cc(OCCN2CCNCC2)cc(C(=O)O)n1. The van der Waals surface area contributed by atoms with Crippen molar-refractivity contribution in [3.05, 3.63) is 23.5 Å². The predicted molar refractivity (Wildman–Crippen MR) is 73.0 cm³/mol. The average molecular weight is 295 g/mol. The number of ether oxygens (including phenoxy) is 1. The van der Waals surface area contributed by atoms with Gasteiger partial charge in [-0.3, -0.25) is 4.90 Å². The Hall–Kier alpha value is -2.19. The Labute approximate surface area is 121 Å². The lowest BCUT2D eigenvalue weighted by atomic mass is 10.3. The van der Waals surface area contributed by atoms with Gasteiger partial charge in [0.05, 0.1) is 0 Å². The number of nitrogens with zero attached hydrogens (tertiary/aromatic N) is 2. The zero-order valence-corrected chi connectivity index (χ0v) is 11.4. The van der Waals surface area contributed by atoms with Gasteiger partial charge in [-0.25, -0.2) is 14.6 Å². The van der Waals surface area contributed by atoms with E-state index in [0.29, 0.717) is 13.2 Å². The molecule has 1 aliphatic heterocycles. The fraction of sp³-hybridized carbons (Fsp3) is 0.462. The van der Waals surface area contributed by atoms with Gasteiger partial charge in [-0.05, 0) is 0 Å². The zero-order valence-electron chi connectivity index (χ0n) is 11.4. The molecule has 8 nitrogen and oxygen atoms in total. The number of pyridine rings is 1. The molecule has 114 valence electrons. The van der Waals surface area contributed by atoms with Crippen LogP contribution in [0.3, 0.4) is 0 Å². The highest BCUT2D eigenvalue weighted by Crippen LogP contribution is 2.15. The van der Waals surface area contributed by atoms with E-state index in [1.165, 1.54) is 12.1 Å². The third-order valence-electron chi connectivity index (χ3n) is 3.12. The lowest BCUT2D eigenvalue weighted by Crippen LogP contribution is -2.44. The van der Waals surface area contributed by atoms with Gasteiger partial charge in [-0.2, -0.15) is 0 Å². The Morgan fingerprint density at radius 3 is 2.29 bits per heavy atom. The van der Waals surface area contributed by atoms with Crippen LogP contribution in [0.2, 0.25) is 0 Å². The molecule has 0 spiro atoms. The first-order valence-electron chi connectivity index (χ1n) is 6.61. The summed E-state index contributed by atoms with van der Waals surface area (Å²) in [4.78, 5) is 27.6. The minimum absolute atomic E-state index is 0.204. The van der Waals surface area contributed by atoms with E-state index in [2.05, 4.69) is 15.2 Å². The maximum absolute atomic E-state index is 10.9. The third kappa shape index (κ3) is 4.40. The maximum Gasteiger partial charge on any atom is 0.354 e. The number of hydrogen-bond donors (Lipinski definition) is 3. The molecule has 8 heteroatoms. The van der Waals surface area contributed by atoms with Crippen LogP contribution in [0.15, 0.2) is 12.1 Å². The van der Waals surface area contributed by atoms with Crippen LogP contribution in [0.4, 0.5) is 0 Å². The average Bonchev–Trinajstić information content (AvgIpc) is 2.48. The second-order valence-electron chi connectivity index (χ2n) is 4.62. The van der Waals surface area contributed by atoms with Gasteiger partial charge in [0.1, 0.15) is 12.4 Å². The zero-order chi connectivity index (χ0) is 15.2. The monoisotopic (exact) mass is 295 g/mol. The number of carboxylic acid groups (broad SMARTS) is 2. The summed E-state index contributed by atoms with van der Waals surface area (Å²) in [6.45, 7) is 4.79. The molecule has 3 N–H and O–H groups in total. The number of piperazine rings is 1. The van der Waals surface area contributed by atoms with Crippen molar-refractivity contribution in [2.75, 3.05) is 39.3 Å². The van der Waals surface area contributed by atoms with Crippen LogP contribution in [-0.4, -0.2) is 71.4 Å². The standard InChI is InChI=1S/C13H17N3O5/c17-12(18)10-7-9(8-11(15-10)13(19)20)21-6-5-16-3-1-14-2-4-16/h7-8,14H,1-6H2,(H,17,18)(H,19,20). The van der Waals surface area contributed by atoms with Crippen molar-refractivity contribution < 1.29 is 24.5 Å². The summed E-state index contributed by atoms with van der Waals surface area (Å²) >= 11 is 0. The molecular weight excluding hydrogens is 278 g/mol. The van der Waals surface area contributed by atoms with Crippen LogP contribution < -0.4 is 10.1 Å². The normalized spacial score (nSPS) is 15.6. The Morgan fingerprint density at radius 2 is 1.76 bits per heavy atom. The summed E-state index contributed by atoms with van der Waals surface area (Å²) in [6, 6.07) is 2.46. The molecule has 0 atom stereocenters. The van der Waals surface area contributed by atoms with Gasteiger partial charge in [0, 0.05) is 44.9 Å². The summed E-state index contributed by atoms with van der Waals surface area (Å²) in [7, 11) is 0. The van der Waals surface area contributed by atoms with Crippen molar-refractivity contribution in [3.8, 4) is 5.75 Å².